The molecule has 22 heavy (non-hydrogen) atoms. The molecule has 108 valence electrons. The van der Waals surface area contributed by atoms with Crippen molar-refractivity contribution >= 4 is 5.69 Å². The molecule has 0 N–H and O–H groups in total. The molecule has 0 aliphatic rings. The van der Waals surface area contributed by atoms with E-state index in [2.05, 4.69) is 4.98 Å². The molecule has 0 radical (unpaired) electrons. The van der Waals surface area contributed by atoms with Crippen molar-refractivity contribution in [1.29, 1.82) is 0 Å². The molecule has 0 aliphatic carbocycles. The van der Waals surface area contributed by atoms with E-state index in [1.165, 1.54) is 12.1 Å². The van der Waals surface area contributed by atoms with Crippen LogP contribution in [0.2, 0.25) is 0 Å². The molecule has 0 saturated carbocycles. The van der Waals surface area contributed by atoms with Crippen LogP contribution in [0, 0.1) is 10.1 Å². The Bertz CT molecular complexity index is 769. The molecule has 0 spiro atoms. The van der Waals surface area contributed by atoms with E-state index in [1.54, 1.807) is 18.3 Å². The highest BCUT2D eigenvalue weighted by atomic mass is 16.6. The molecule has 5 nitrogen and oxygen atoms in total. The van der Waals surface area contributed by atoms with Gasteiger partial charge < -0.3 is 4.74 Å². The largest absolute Gasteiger partial charge is 0.457 e. The maximum absolute atomic E-state index is 10.6. The second-order valence-electron chi connectivity index (χ2n) is 4.59. The Morgan fingerprint density at radius 2 is 1.50 bits per heavy atom. The number of rotatable bonds is 4. The van der Waals surface area contributed by atoms with Crippen LogP contribution in [0.5, 0.6) is 11.5 Å². The van der Waals surface area contributed by atoms with Crippen LogP contribution in [0.3, 0.4) is 0 Å². The van der Waals surface area contributed by atoms with Gasteiger partial charge in [0.25, 0.3) is 5.69 Å². The van der Waals surface area contributed by atoms with E-state index in [0.29, 0.717) is 11.5 Å². The smallest absolute Gasteiger partial charge is 0.269 e. The summed E-state index contributed by atoms with van der Waals surface area (Å²) < 4.78 is 5.66. The number of aromatic nitrogens is 1. The van der Waals surface area contributed by atoms with Crippen LogP contribution in [0.1, 0.15) is 0 Å². The van der Waals surface area contributed by atoms with E-state index in [4.69, 9.17) is 4.74 Å². The molecular formula is C17H12N2O3. The Labute approximate surface area is 127 Å². The fraction of sp³-hybridized carbons (Fsp3) is 0. The summed E-state index contributed by atoms with van der Waals surface area (Å²) in [6.07, 6.45) is 1.75. The molecule has 1 aromatic heterocycles. The topological polar surface area (TPSA) is 65.3 Å². The van der Waals surface area contributed by atoms with E-state index in [-0.39, 0.29) is 5.69 Å². The number of ether oxygens (including phenoxy) is 1. The molecule has 0 saturated heterocycles. The molecule has 1 heterocycles. The zero-order valence-corrected chi connectivity index (χ0v) is 11.5. The fourth-order valence-electron chi connectivity index (χ4n) is 2.00. The summed E-state index contributed by atoms with van der Waals surface area (Å²) in [4.78, 5) is 14.4. The second kappa shape index (κ2) is 6.05. The number of non-ortho nitro benzene ring substituents is 1. The first-order valence-electron chi connectivity index (χ1n) is 6.66. The molecule has 0 aliphatic heterocycles. The third-order valence-corrected chi connectivity index (χ3v) is 3.10. The van der Waals surface area contributed by atoms with Gasteiger partial charge in [0.2, 0.25) is 0 Å². The fourth-order valence-corrected chi connectivity index (χ4v) is 2.00. The number of nitro groups is 1. The molecular weight excluding hydrogens is 280 g/mol. The third kappa shape index (κ3) is 3.09. The van der Waals surface area contributed by atoms with Gasteiger partial charge in [-0.2, -0.15) is 0 Å². The minimum absolute atomic E-state index is 0.0397. The molecule has 0 bridgehead atoms. The summed E-state index contributed by atoms with van der Waals surface area (Å²) in [5.41, 5.74) is 1.93. The average Bonchev–Trinajstić information content (AvgIpc) is 2.57. The monoisotopic (exact) mass is 292 g/mol. The molecule has 3 rings (SSSR count). The van der Waals surface area contributed by atoms with Gasteiger partial charge in [-0.3, -0.25) is 15.1 Å². The maximum Gasteiger partial charge on any atom is 0.269 e. The average molecular weight is 292 g/mol. The molecule has 2 aromatic carbocycles. The number of pyridine rings is 1. The minimum Gasteiger partial charge on any atom is -0.457 e. The third-order valence-electron chi connectivity index (χ3n) is 3.10. The standard InChI is InChI=1S/C17H12N2O3/c20-19(21)14-6-10-16(11-7-14)22-15-8-4-13(5-9-15)17-3-1-2-12-18-17/h1-12H. The number of hydrogen-bond donors (Lipinski definition) is 0. The van der Waals surface area contributed by atoms with Gasteiger partial charge in [0, 0.05) is 23.9 Å². The first-order valence-corrected chi connectivity index (χ1v) is 6.66. The number of nitrogens with zero attached hydrogens (tertiary/aromatic N) is 2. The van der Waals surface area contributed by atoms with Gasteiger partial charge in [-0.25, -0.2) is 0 Å². The molecule has 0 atom stereocenters. The van der Waals surface area contributed by atoms with Crippen molar-refractivity contribution in [3.63, 3.8) is 0 Å². The summed E-state index contributed by atoms with van der Waals surface area (Å²) in [5, 5.41) is 10.6. The van der Waals surface area contributed by atoms with E-state index in [9.17, 15) is 10.1 Å². The molecule has 0 unspecified atom stereocenters. The van der Waals surface area contributed by atoms with Gasteiger partial charge in [-0.05, 0) is 48.5 Å². The minimum atomic E-state index is -0.439. The first kappa shape index (κ1) is 13.8. The van der Waals surface area contributed by atoms with Crippen LogP contribution in [-0.4, -0.2) is 9.91 Å². The Kier molecular flexibility index (Phi) is 3.78. The van der Waals surface area contributed by atoms with Crippen molar-refractivity contribution in [1.82, 2.24) is 4.98 Å². The first-order chi connectivity index (χ1) is 10.7. The van der Waals surface area contributed by atoms with Gasteiger partial charge in [0.15, 0.2) is 0 Å². The van der Waals surface area contributed by atoms with Gasteiger partial charge >= 0.3 is 0 Å². The molecule has 3 aromatic rings. The lowest BCUT2D eigenvalue weighted by Crippen LogP contribution is -1.88. The summed E-state index contributed by atoms with van der Waals surface area (Å²) in [6.45, 7) is 0. The predicted octanol–water partition coefficient (Wildman–Crippen LogP) is 4.45. The van der Waals surface area contributed by atoms with Crippen molar-refractivity contribution in [2.75, 3.05) is 0 Å². The van der Waals surface area contributed by atoms with Crippen LogP contribution >= 0.6 is 0 Å². The second-order valence-corrected chi connectivity index (χ2v) is 4.59. The Hall–Kier alpha value is -3.21. The molecule has 0 fully saturated rings. The quantitative estimate of drug-likeness (QED) is 0.526. The van der Waals surface area contributed by atoms with Crippen molar-refractivity contribution in [2.24, 2.45) is 0 Å². The maximum atomic E-state index is 10.6. The van der Waals surface area contributed by atoms with Gasteiger partial charge in [0.1, 0.15) is 11.5 Å². The van der Waals surface area contributed by atoms with Gasteiger partial charge in [-0.1, -0.05) is 6.07 Å². The summed E-state index contributed by atoms with van der Waals surface area (Å²) in [7, 11) is 0. The lowest BCUT2D eigenvalue weighted by molar-refractivity contribution is -0.384. The Balaban J connectivity index is 1.75. The highest BCUT2D eigenvalue weighted by molar-refractivity contribution is 5.59. The van der Waals surface area contributed by atoms with Crippen molar-refractivity contribution in [2.45, 2.75) is 0 Å². The van der Waals surface area contributed by atoms with Crippen LogP contribution in [-0.2, 0) is 0 Å². The van der Waals surface area contributed by atoms with Gasteiger partial charge in [0.05, 0.1) is 10.6 Å². The van der Waals surface area contributed by atoms with E-state index in [0.717, 1.165) is 11.3 Å². The molecule has 5 heteroatoms. The Morgan fingerprint density at radius 1 is 0.864 bits per heavy atom. The van der Waals surface area contributed by atoms with Crippen molar-refractivity contribution < 1.29 is 9.66 Å². The number of benzene rings is 2. The van der Waals surface area contributed by atoms with Gasteiger partial charge in [-0.15, -0.1) is 0 Å². The highest BCUT2D eigenvalue weighted by Crippen LogP contribution is 2.26. The lowest BCUT2D eigenvalue weighted by Gasteiger charge is -2.06. The van der Waals surface area contributed by atoms with E-state index < -0.39 is 4.92 Å². The van der Waals surface area contributed by atoms with Crippen molar-refractivity contribution in [3.8, 4) is 22.8 Å². The van der Waals surface area contributed by atoms with E-state index in [1.807, 2.05) is 42.5 Å². The number of hydrogen-bond acceptors (Lipinski definition) is 4. The predicted molar refractivity (Wildman–Crippen MR) is 82.8 cm³/mol. The Morgan fingerprint density at radius 3 is 2.05 bits per heavy atom. The van der Waals surface area contributed by atoms with Crippen LogP contribution in [0.4, 0.5) is 5.69 Å². The summed E-state index contributed by atoms with van der Waals surface area (Å²) >= 11 is 0. The normalized spacial score (nSPS) is 10.2. The van der Waals surface area contributed by atoms with E-state index >= 15 is 0 Å². The lowest BCUT2D eigenvalue weighted by atomic mass is 10.1. The summed E-state index contributed by atoms with van der Waals surface area (Å²) in [6, 6.07) is 19.2. The SMILES string of the molecule is O=[N+]([O-])c1ccc(Oc2ccc(-c3ccccn3)cc2)cc1. The van der Waals surface area contributed by atoms with Crippen LogP contribution < -0.4 is 4.74 Å². The zero-order valence-electron chi connectivity index (χ0n) is 11.5. The number of nitro benzene ring substituents is 1. The highest BCUT2D eigenvalue weighted by Gasteiger charge is 2.05. The van der Waals surface area contributed by atoms with Crippen molar-refractivity contribution in [3.05, 3.63) is 83.0 Å². The van der Waals surface area contributed by atoms with Crippen LogP contribution in [0.25, 0.3) is 11.3 Å². The summed E-state index contributed by atoms with van der Waals surface area (Å²) in [5.74, 6) is 1.21. The zero-order chi connectivity index (χ0) is 15.4. The molecule has 0 amide bonds. The van der Waals surface area contributed by atoms with Crippen LogP contribution in [0.15, 0.2) is 72.9 Å².